The monoisotopic (exact) mass is 528 g/mol. The van der Waals surface area contributed by atoms with Gasteiger partial charge in [-0.3, -0.25) is 35.0 Å². The van der Waals surface area contributed by atoms with Crippen molar-refractivity contribution in [1.82, 2.24) is 10.9 Å². The van der Waals surface area contributed by atoms with Gasteiger partial charge in [-0.15, -0.1) is 0 Å². The van der Waals surface area contributed by atoms with Gasteiger partial charge in [-0.05, 0) is 42.5 Å². The predicted octanol–water partition coefficient (Wildman–Crippen LogP) is 1.70. The molecular weight excluding hydrogens is 508 g/mol. The molecule has 0 radical (unpaired) electrons. The zero-order chi connectivity index (χ0) is 25.3. The molecule has 16 heteroatoms. The van der Waals surface area contributed by atoms with Gasteiger partial charge in [0.25, 0.3) is 5.69 Å². The highest BCUT2D eigenvalue weighted by Crippen LogP contribution is 2.23. The van der Waals surface area contributed by atoms with Gasteiger partial charge >= 0.3 is 10.3 Å². The molecule has 2 rings (SSSR count). The molecule has 0 saturated heterocycles. The van der Waals surface area contributed by atoms with E-state index < -0.39 is 32.4 Å². The van der Waals surface area contributed by atoms with Crippen molar-refractivity contribution in [3.63, 3.8) is 0 Å². The van der Waals surface area contributed by atoms with E-state index in [2.05, 4.69) is 34.1 Å². The van der Waals surface area contributed by atoms with Crippen LogP contribution >= 0.6 is 24.8 Å². The zero-order valence-corrected chi connectivity index (χ0v) is 19.7. The number of rotatable bonds is 10. The minimum atomic E-state index is -4.41. The van der Waals surface area contributed by atoms with Gasteiger partial charge in [-0.2, -0.15) is 21.0 Å². The number of thiol groups is 1. The van der Waals surface area contributed by atoms with E-state index >= 15 is 0 Å². The first-order chi connectivity index (χ1) is 16.0. The van der Waals surface area contributed by atoms with Gasteiger partial charge in [0.15, 0.2) is 5.11 Å². The van der Waals surface area contributed by atoms with E-state index in [4.69, 9.17) is 16.8 Å². The molecule has 0 heterocycles. The Kier molecular flexibility index (Phi) is 9.55. The molecule has 2 aromatic carbocycles. The molecule has 182 valence electrons. The number of para-hydroxylation sites is 2. The first-order valence-electron chi connectivity index (χ1n) is 9.33. The second-order valence-corrected chi connectivity index (χ2v) is 8.77. The maximum absolute atomic E-state index is 12.2. The number of hydrogen-bond donors (Lipinski definition) is 7. The van der Waals surface area contributed by atoms with Crippen molar-refractivity contribution in [3.8, 4) is 0 Å². The number of benzene rings is 2. The van der Waals surface area contributed by atoms with Crippen LogP contribution in [0.3, 0.4) is 0 Å². The number of anilines is 3. The largest absolute Gasteiger partial charge is 0.373 e. The number of hydrazine groups is 1. The van der Waals surface area contributed by atoms with Crippen LogP contribution in [-0.4, -0.2) is 40.6 Å². The molecule has 1 amide bonds. The number of nitro groups is 1. The predicted molar refractivity (Wildman–Crippen MR) is 133 cm³/mol. The smallest absolute Gasteiger partial charge is 0.357 e. The number of amides is 1. The fourth-order valence-corrected chi connectivity index (χ4v) is 3.50. The van der Waals surface area contributed by atoms with Crippen molar-refractivity contribution < 1.29 is 27.5 Å². The molecule has 0 aromatic heterocycles. The van der Waals surface area contributed by atoms with Crippen molar-refractivity contribution in [2.45, 2.75) is 11.8 Å². The lowest BCUT2D eigenvalue weighted by molar-refractivity contribution is -0.383. The molecule has 0 spiro atoms. The Balaban J connectivity index is 1.86. The molecular formula is C18H20N6O7S3. The van der Waals surface area contributed by atoms with Crippen molar-refractivity contribution in [1.29, 1.82) is 0 Å². The molecule has 0 aliphatic carbocycles. The summed E-state index contributed by atoms with van der Waals surface area (Å²) >= 11 is 9.30. The molecule has 0 saturated carbocycles. The number of carbonyl (C=O) groups excluding carboxylic acids is 2. The molecule has 0 aliphatic rings. The number of hydrogen-bond acceptors (Lipinski definition) is 9. The van der Waals surface area contributed by atoms with Crippen LogP contribution in [0.5, 0.6) is 0 Å². The zero-order valence-electron chi connectivity index (χ0n) is 17.2. The van der Waals surface area contributed by atoms with Gasteiger partial charge in [-0.25, -0.2) is 0 Å². The normalized spacial score (nSPS) is 12.5. The molecule has 0 aliphatic heterocycles. The second kappa shape index (κ2) is 12.1. The Morgan fingerprint density at radius 2 is 1.76 bits per heavy atom. The summed E-state index contributed by atoms with van der Waals surface area (Å²) in [5.41, 5.74) is 5.21. The van der Waals surface area contributed by atoms with Crippen molar-refractivity contribution in [2.24, 2.45) is 5.92 Å². The SMILES string of the molecule is O=CC(CC(=O)NNC(=S)Nc1ccccc1[N+](=O)[O-])C(S)Nc1ccc(NS(=O)(=O)O)cc1. The van der Waals surface area contributed by atoms with Crippen LogP contribution < -0.4 is 26.2 Å². The van der Waals surface area contributed by atoms with Gasteiger partial charge in [-0.1, -0.05) is 12.1 Å². The molecule has 2 unspecified atom stereocenters. The Labute approximate surface area is 205 Å². The fourth-order valence-electron chi connectivity index (χ4n) is 2.58. The first kappa shape index (κ1) is 26.8. The standard InChI is InChI=1S/C18H20N6O7S3/c25-10-11(17(32)19-12-5-7-13(8-6-12)23-34(29,30)31)9-16(26)21-22-18(33)20-14-3-1-2-4-15(14)24(27)28/h1-8,10-11,17,19,23,32H,9H2,(H,21,26)(H2,20,22,33)(H,29,30,31). The van der Waals surface area contributed by atoms with Crippen LogP contribution in [0.4, 0.5) is 22.7 Å². The summed E-state index contributed by atoms with van der Waals surface area (Å²) in [6.45, 7) is 0. The van der Waals surface area contributed by atoms with Crippen molar-refractivity contribution in [3.05, 3.63) is 58.6 Å². The summed E-state index contributed by atoms with van der Waals surface area (Å²) < 4.78 is 32.3. The maximum atomic E-state index is 12.2. The van der Waals surface area contributed by atoms with Gasteiger partial charge in [0.1, 0.15) is 12.0 Å². The van der Waals surface area contributed by atoms with Crippen molar-refractivity contribution >= 4 is 75.2 Å². The summed E-state index contributed by atoms with van der Waals surface area (Å²) in [4.78, 5) is 34.1. The maximum Gasteiger partial charge on any atom is 0.357 e. The Bertz CT molecular complexity index is 1160. The van der Waals surface area contributed by atoms with Gasteiger partial charge < -0.3 is 15.4 Å². The molecule has 2 atom stereocenters. The van der Waals surface area contributed by atoms with E-state index in [1.54, 1.807) is 6.07 Å². The van der Waals surface area contributed by atoms with E-state index in [0.29, 0.717) is 12.0 Å². The van der Waals surface area contributed by atoms with Gasteiger partial charge in [0.2, 0.25) is 5.91 Å². The Morgan fingerprint density at radius 1 is 1.15 bits per heavy atom. The molecule has 13 nitrogen and oxygen atoms in total. The van der Waals surface area contributed by atoms with Crippen LogP contribution in [0.15, 0.2) is 48.5 Å². The van der Waals surface area contributed by atoms with E-state index in [0.717, 1.165) is 0 Å². The average molecular weight is 529 g/mol. The van der Waals surface area contributed by atoms with E-state index in [1.807, 2.05) is 4.72 Å². The highest BCUT2D eigenvalue weighted by molar-refractivity contribution is 7.87. The summed E-state index contributed by atoms with van der Waals surface area (Å²) in [6, 6.07) is 11.5. The van der Waals surface area contributed by atoms with Crippen LogP contribution in [0.25, 0.3) is 0 Å². The summed E-state index contributed by atoms with van der Waals surface area (Å²) in [6.07, 6.45) is 0.274. The lowest BCUT2D eigenvalue weighted by Crippen LogP contribution is -2.45. The second-order valence-electron chi connectivity index (χ2n) is 6.65. The minimum Gasteiger partial charge on any atom is -0.373 e. The number of thiocarbonyl (C=S) groups is 1. The van der Waals surface area contributed by atoms with Crippen molar-refractivity contribution in [2.75, 3.05) is 15.4 Å². The van der Waals surface area contributed by atoms with E-state index in [-0.39, 0.29) is 28.6 Å². The molecule has 2 aromatic rings. The number of aldehydes is 1. The number of nitrogens with zero attached hydrogens (tertiary/aromatic N) is 1. The highest BCUT2D eigenvalue weighted by atomic mass is 32.2. The van der Waals surface area contributed by atoms with Crippen LogP contribution in [0, 0.1) is 16.0 Å². The minimum absolute atomic E-state index is 0.107. The Morgan fingerprint density at radius 3 is 2.35 bits per heavy atom. The lowest BCUT2D eigenvalue weighted by Gasteiger charge is -2.20. The molecule has 6 N–H and O–H groups in total. The lowest BCUT2D eigenvalue weighted by atomic mass is 10.1. The third-order valence-corrected chi connectivity index (χ3v) is 5.32. The van der Waals surface area contributed by atoms with Crippen LogP contribution in [0.2, 0.25) is 0 Å². The van der Waals surface area contributed by atoms with Crippen LogP contribution in [-0.2, 0) is 19.9 Å². The van der Waals surface area contributed by atoms with E-state index in [1.165, 1.54) is 42.5 Å². The molecule has 0 fully saturated rings. The summed E-state index contributed by atoms with van der Waals surface area (Å²) in [5, 5.41) is 15.6. The first-order valence-corrected chi connectivity index (χ1v) is 11.7. The molecule has 0 bridgehead atoms. The molecule has 34 heavy (non-hydrogen) atoms. The number of nitro benzene ring substituents is 1. The third kappa shape index (κ3) is 8.81. The topological polar surface area (TPSA) is 192 Å². The quantitative estimate of drug-likeness (QED) is 0.0451. The average Bonchev–Trinajstić information content (AvgIpc) is 2.76. The fraction of sp³-hybridized carbons (Fsp3) is 0.167. The number of nitrogens with one attached hydrogen (secondary N) is 5. The Hall–Kier alpha value is -3.47. The highest BCUT2D eigenvalue weighted by Gasteiger charge is 2.21. The van der Waals surface area contributed by atoms with Gasteiger partial charge in [0.05, 0.1) is 21.9 Å². The third-order valence-electron chi connectivity index (χ3n) is 4.11. The summed E-state index contributed by atoms with van der Waals surface area (Å²) in [5.74, 6) is -1.46. The number of carbonyl (C=O) groups is 2. The van der Waals surface area contributed by atoms with Gasteiger partial charge in [0, 0.05) is 18.2 Å². The van der Waals surface area contributed by atoms with E-state index in [9.17, 15) is 28.1 Å². The summed E-state index contributed by atoms with van der Waals surface area (Å²) in [7, 11) is -4.41. The van der Waals surface area contributed by atoms with Crippen LogP contribution in [0.1, 0.15) is 6.42 Å².